The van der Waals surface area contributed by atoms with Crippen molar-refractivity contribution < 1.29 is 9.59 Å². The van der Waals surface area contributed by atoms with Crippen LogP contribution in [0, 0.1) is 0 Å². The Labute approximate surface area is 106 Å². The lowest BCUT2D eigenvalue weighted by atomic mass is 10.2. The third-order valence-electron chi connectivity index (χ3n) is 3.60. The molecule has 1 aromatic rings. The summed E-state index contributed by atoms with van der Waals surface area (Å²) in [6, 6.07) is 7.88. The Hall–Kier alpha value is -1.84. The number of amides is 1. The molecule has 4 heteroatoms. The summed E-state index contributed by atoms with van der Waals surface area (Å²) in [5.74, 6) is -0.0668. The van der Waals surface area contributed by atoms with E-state index in [0.29, 0.717) is 0 Å². The monoisotopic (exact) mass is 244 g/mol. The molecule has 0 bridgehead atoms. The van der Waals surface area contributed by atoms with Crippen LogP contribution in [-0.2, 0) is 9.59 Å². The number of hydrogen-bond acceptors (Lipinski definition) is 3. The highest BCUT2D eigenvalue weighted by Gasteiger charge is 2.31. The second-order valence-electron chi connectivity index (χ2n) is 4.88. The van der Waals surface area contributed by atoms with Crippen molar-refractivity contribution in [3.05, 3.63) is 24.3 Å². The molecule has 4 nitrogen and oxygen atoms in total. The minimum atomic E-state index is -0.0772. The number of carbonyl (C=O) groups is 2. The van der Waals surface area contributed by atoms with E-state index in [2.05, 4.69) is 4.90 Å². The Kier molecular flexibility index (Phi) is 2.78. The maximum Gasteiger partial charge on any atom is 0.234 e. The van der Waals surface area contributed by atoms with Gasteiger partial charge in [-0.1, -0.05) is 12.1 Å². The van der Waals surface area contributed by atoms with Crippen LogP contribution in [0.5, 0.6) is 0 Å². The van der Waals surface area contributed by atoms with Crippen molar-refractivity contribution in [1.29, 1.82) is 0 Å². The van der Waals surface area contributed by atoms with Gasteiger partial charge < -0.3 is 9.80 Å². The van der Waals surface area contributed by atoms with Crippen molar-refractivity contribution >= 4 is 23.1 Å². The Balaban J connectivity index is 1.96. The van der Waals surface area contributed by atoms with Crippen LogP contribution in [0.25, 0.3) is 0 Å². The minimum absolute atomic E-state index is 0.0104. The molecular weight excluding hydrogens is 228 g/mol. The fourth-order valence-electron chi connectivity index (χ4n) is 2.72. The molecule has 2 heterocycles. The molecule has 0 atom stereocenters. The normalized spacial score (nSPS) is 20.0. The zero-order valence-corrected chi connectivity index (χ0v) is 10.3. The first-order valence-corrected chi connectivity index (χ1v) is 6.42. The highest BCUT2D eigenvalue weighted by molar-refractivity contribution is 6.16. The van der Waals surface area contributed by atoms with Crippen LogP contribution in [0.15, 0.2) is 24.3 Å². The van der Waals surface area contributed by atoms with Crippen molar-refractivity contribution in [2.75, 3.05) is 29.4 Å². The van der Waals surface area contributed by atoms with Crippen LogP contribution in [0.2, 0.25) is 0 Å². The van der Waals surface area contributed by atoms with Crippen LogP contribution < -0.4 is 9.80 Å². The van der Waals surface area contributed by atoms with Gasteiger partial charge in [-0.25, -0.2) is 0 Å². The molecule has 94 valence electrons. The number of ketones is 1. The lowest BCUT2D eigenvalue weighted by molar-refractivity contribution is -0.121. The van der Waals surface area contributed by atoms with E-state index in [0.717, 1.165) is 24.5 Å². The van der Waals surface area contributed by atoms with Crippen molar-refractivity contribution in [2.45, 2.75) is 19.3 Å². The Morgan fingerprint density at radius 2 is 1.61 bits per heavy atom. The highest BCUT2D eigenvalue weighted by atomic mass is 16.2. The number of rotatable bonds is 2. The lowest BCUT2D eigenvalue weighted by Gasteiger charge is -2.25. The summed E-state index contributed by atoms with van der Waals surface area (Å²) in [5, 5.41) is 0. The molecule has 2 fully saturated rings. The Bertz CT molecular complexity index is 492. The van der Waals surface area contributed by atoms with Gasteiger partial charge in [0.15, 0.2) is 5.78 Å². The molecule has 1 amide bonds. The average molecular weight is 244 g/mol. The zero-order chi connectivity index (χ0) is 12.5. The molecule has 2 saturated heterocycles. The summed E-state index contributed by atoms with van der Waals surface area (Å²) in [6.07, 6.45) is 2.44. The van der Waals surface area contributed by atoms with Crippen molar-refractivity contribution in [2.24, 2.45) is 0 Å². The molecule has 0 radical (unpaired) electrons. The maximum atomic E-state index is 11.8. The SMILES string of the molecule is O=C1CC(=O)N(c2ccccc2N2CCCC2)C1. The van der Waals surface area contributed by atoms with Crippen LogP contribution in [0.3, 0.4) is 0 Å². The molecule has 0 unspecified atom stereocenters. The summed E-state index contributed by atoms with van der Waals surface area (Å²) in [7, 11) is 0. The molecule has 18 heavy (non-hydrogen) atoms. The topological polar surface area (TPSA) is 40.6 Å². The fraction of sp³-hybridized carbons (Fsp3) is 0.429. The quantitative estimate of drug-likeness (QED) is 0.742. The van der Waals surface area contributed by atoms with Gasteiger partial charge in [-0.15, -0.1) is 0 Å². The van der Waals surface area contributed by atoms with Crippen molar-refractivity contribution in [3.8, 4) is 0 Å². The van der Waals surface area contributed by atoms with E-state index in [4.69, 9.17) is 0 Å². The third-order valence-corrected chi connectivity index (χ3v) is 3.60. The molecule has 1 aromatic carbocycles. The van der Waals surface area contributed by atoms with E-state index in [1.807, 2.05) is 24.3 Å². The lowest BCUT2D eigenvalue weighted by Crippen LogP contribution is -2.28. The van der Waals surface area contributed by atoms with Gasteiger partial charge in [0, 0.05) is 13.1 Å². The summed E-state index contributed by atoms with van der Waals surface area (Å²) in [4.78, 5) is 27.2. The van der Waals surface area contributed by atoms with Gasteiger partial charge in [-0.2, -0.15) is 0 Å². The third kappa shape index (κ3) is 1.88. The van der Waals surface area contributed by atoms with Crippen LogP contribution in [0.4, 0.5) is 11.4 Å². The Morgan fingerprint density at radius 3 is 2.22 bits per heavy atom. The number of anilines is 2. The van der Waals surface area contributed by atoms with Crippen LogP contribution in [0.1, 0.15) is 19.3 Å². The summed E-state index contributed by atoms with van der Waals surface area (Å²) in [6.45, 7) is 2.30. The van der Waals surface area contributed by atoms with Gasteiger partial charge in [0.05, 0.1) is 24.3 Å². The number of nitrogens with zero attached hydrogens (tertiary/aromatic N) is 2. The fourth-order valence-corrected chi connectivity index (χ4v) is 2.72. The van der Waals surface area contributed by atoms with E-state index < -0.39 is 0 Å². The largest absolute Gasteiger partial charge is 0.370 e. The van der Waals surface area contributed by atoms with Gasteiger partial charge in [0.2, 0.25) is 5.91 Å². The zero-order valence-electron chi connectivity index (χ0n) is 10.3. The predicted octanol–water partition coefficient (Wildman–Crippen LogP) is 1.59. The summed E-state index contributed by atoms with van der Waals surface area (Å²) in [5.41, 5.74) is 1.97. The highest BCUT2D eigenvalue weighted by Crippen LogP contribution is 2.33. The molecule has 2 aliphatic rings. The van der Waals surface area contributed by atoms with Crippen molar-refractivity contribution in [1.82, 2.24) is 0 Å². The number of benzene rings is 1. The first kappa shape index (κ1) is 11.3. The molecule has 2 aliphatic heterocycles. The predicted molar refractivity (Wildman–Crippen MR) is 69.9 cm³/mol. The average Bonchev–Trinajstić information content (AvgIpc) is 2.99. The van der Waals surface area contributed by atoms with E-state index in [-0.39, 0.29) is 24.7 Å². The van der Waals surface area contributed by atoms with Crippen LogP contribution >= 0.6 is 0 Å². The molecule has 0 aromatic heterocycles. The molecule has 0 N–H and O–H groups in total. The number of para-hydroxylation sites is 2. The Morgan fingerprint density at radius 1 is 0.944 bits per heavy atom. The minimum Gasteiger partial charge on any atom is -0.370 e. The maximum absolute atomic E-state index is 11.8. The molecular formula is C14H16N2O2. The van der Waals surface area contributed by atoms with Gasteiger partial charge in [-0.05, 0) is 25.0 Å². The standard InChI is InChI=1S/C14H16N2O2/c17-11-9-14(18)16(10-11)13-6-2-1-5-12(13)15-7-3-4-8-15/h1-2,5-6H,3-4,7-10H2. The van der Waals surface area contributed by atoms with Crippen LogP contribution in [-0.4, -0.2) is 31.3 Å². The number of hydrogen-bond donors (Lipinski definition) is 0. The van der Waals surface area contributed by atoms with E-state index in [1.165, 1.54) is 12.8 Å². The number of carbonyl (C=O) groups excluding carboxylic acids is 2. The van der Waals surface area contributed by atoms with E-state index >= 15 is 0 Å². The summed E-state index contributed by atoms with van der Waals surface area (Å²) >= 11 is 0. The second kappa shape index (κ2) is 4.44. The van der Waals surface area contributed by atoms with Gasteiger partial charge in [-0.3, -0.25) is 9.59 Å². The van der Waals surface area contributed by atoms with Crippen molar-refractivity contribution in [3.63, 3.8) is 0 Å². The van der Waals surface area contributed by atoms with Gasteiger partial charge >= 0.3 is 0 Å². The van der Waals surface area contributed by atoms with Gasteiger partial charge in [0.25, 0.3) is 0 Å². The second-order valence-corrected chi connectivity index (χ2v) is 4.88. The molecule has 0 spiro atoms. The molecule has 3 rings (SSSR count). The summed E-state index contributed by atoms with van der Waals surface area (Å²) < 4.78 is 0. The molecule has 0 saturated carbocycles. The number of Topliss-reactive ketones (excluding diaryl/α,β-unsaturated/α-hetero) is 1. The first-order chi connectivity index (χ1) is 8.75. The van der Waals surface area contributed by atoms with Gasteiger partial charge in [0.1, 0.15) is 0 Å². The van der Waals surface area contributed by atoms with E-state index in [1.54, 1.807) is 4.90 Å². The smallest absolute Gasteiger partial charge is 0.234 e. The van der Waals surface area contributed by atoms with E-state index in [9.17, 15) is 9.59 Å². The first-order valence-electron chi connectivity index (χ1n) is 6.42. The molecule has 0 aliphatic carbocycles.